The molecule has 0 saturated heterocycles. The maximum absolute atomic E-state index is 13.3. The zero-order valence-corrected chi connectivity index (χ0v) is 13.0. The van der Waals surface area contributed by atoms with Gasteiger partial charge in [-0.15, -0.1) is 11.8 Å². The molecule has 0 aliphatic heterocycles. The van der Waals surface area contributed by atoms with Gasteiger partial charge >= 0.3 is 0 Å². The van der Waals surface area contributed by atoms with E-state index >= 15 is 0 Å². The summed E-state index contributed by atoms with van der Waals surface area (Å²) in [5.74, 6) is 6.04. The molecule has 0 bridgehead atoms. The van der Waals surface area contributed by atoms with Crippen molar-refractivity contribution >= 4 is 27.7 Å². The topological polar surface area (TPSA) is 38.9 Å². The Kier molecular flexibility index (Phi) is 5.60. The molecule has 2 nitrogen and oxygen atoms in total. The Labute approximate surface area is 130 Å². The minimum Gasteiger partial charge on any atom is -0.320 e. The van der Waals surface area contributed by atoms with Gasteiger partial charge in [0.25, 0.3) is 0 Å². The van der Waals surface area contributed by atoms with Crippen LogP contribution in [0.5, 0.6) is 0 Å². The van der Waals surface area contributed by atoms with Crippen LogP contribution in [0.15, 0.2) is 46.0 Å². The van der Waals surface area contributed by atoms with Crippen LogP contribution >= 0.6 is 27.7 Å². The van der Waals surface area contributed by atoms with Crippen molar-refractivity contribution in [1.29, 1.82) is 0 Å². The number of hydrogen-bond donors (Lipinski definition) is 1. The van der Waals surface area contributed by atoms with E-state index in [0.717, 1.165) is 15.1 Å². The predicted octanol–water partition coefficient (Wildman–Crippen LogP) is 3.59. The highest BCUT2D eigenvalue weighted by Gasteiger charge is 2.06. The molecule has 1 heterocycles. The minimum absolute atomic E-state index is 0.259. The number of thioether (sulfide) groups is 1. The van der Waals surface area contributed by atoms with Crippen LogP contribution in [0.4, 0.5) is 4.39 Å². The summed E-state index contributed by atoms with van der Waals surface area (Å²) in [5, 5.41) is 0.898. The molecule has 2 rings (SSSR count). The van der Waals surface area contributed by atoms with Crippen LogP contribution in [0.3, 0.4) is 0 Å². The molecule has 1 aromatic heterocycles. The average molecular weight is 351 g/mol. The number of nitrogens with two attached hydrogens (primary N) is 1. The molecule has 102 valence electrons. The quantitative estimate of drug-likeness (QED) is 0.679. The van der Waals surface area contributed by atoms with Crippen LogP contribution in [0.1, 0.15) is 11.1 Å². The molecular weight excluding hydrogens is 339 g/mol. The fraction of sp³-hybridized carbons (Fsp3) is 0.133. The van der Waals surface area contributed by atoms with E-state index < -0.39 is 0 Å². The predicted molar refractivity (Wildman–Crippen MR) is 83.8 cm³/mol. The van der Waals surface area contributed by atoms with Gasteiger partial charge in [0.1, 0.15) is 10.8 Å². The third-order valence-corrected chi connectivity index (χ3v) is 4.44. The number of hydrogen-bond acceptors (Lipinski definition) is 3. The normalized spacial score (nSPS) is 9.95. The van der Waals surface area contributed by atoms with E-state index in [1.165, 1.54) is 12.1 Å². The monoisotopic (exact) mass is 350 g/mol. The van der Waals surface area contributed by atoms with Crippen LogP contribution in [-0.4, -0.2) is 11.5 Å². The Morgan fingerprint density at radius 1 is 1.35 bits per heavy atom. The lowest BCUT2D eigenvalue weighted by molar-refractivity contribution is 0.627. The second kappa shape index (κ2) is 7.44. The Hall–Kier alpha value is -1.35. The third-order valence-electron chi connectivity index (χ3n) is 2.49. The van der Waals surface area contributed by atoms with Gasteiger partial charge in [0, 0.05) is 22.0 Å². The van der Waals surface area contributed by atoms with Gasteiger partial charge in [-0.2, -0.15) is 0 Å². The molecule has 20 heavy (non-hydrogen) atoms. The standard InChI is InChI=1S/C15H12BrFN2S/c16-14-4-2-8-19-15(14)20-10-12-5-6-13(17)9-11(12)3-1-7-18/h2,4-6,8-9H,7,10,18H2. The lowest BCUT2D eigenvalue weighted by Crippen LogP contribution is -1.95. The van der Waals surface area contributed by atoms with E-state index in [1.807, 2.05) is 12.1 Å². The van der Waals surface area contributed by atoms with Gasteiger partial charge in [0.2, 0.25) is 0 Å². The fourth-order valence-corrected chi connectivity index (χ4v) is 3.04. The summed E-state index contributed by atoms with van der Waals surface area (Å²) in [6, 6.07) is 8.43. The van der Waals surface area contributed by atoms with E-state index in [-0.39, 0.29) is 12.4 Å². The first kappa shape index (κ1) is 15.0. The molecule has 0 aliphatic carbocycles. The zero-order valence-electron chi connectivity index (χ0n) is 10.6. The summed E-state index contributed by atoms with van der Waals surface area (Å²) in [4.78, 5) is 4.29. The van der Waals surface area contributed by atoms with Crippen LogP contribution in [0.2, 0.25) is 0 Å². The van der Waals surface area contributed by atoms with Gasteiger partial charge < -0.3 is 5.73 Å². The van der Waals surface area contributed by atoms with Crippen molar-refractivity contribution < 1.29 is 4.39 Å². The SMILES string of the molecule is NCC#Cc1cc(F)ccc1CSc1ncccc1Br. The fourth-order valence-electron chi connectivity index (χ4n) is 1.56. The lowest BCUT2D eigenvalue weighted by atomic mass is 10.1. The van der Waals surface area contributed by atoms with Crippen molar-refractivity contribution in [3.63, 3.8) is 0 Å². The molecule has 0 atom stereocenters. The third kappa shape index (κ3) is 4.07. The first-order valence-electron chi connectivity index (χ1n) is 5.91. The molecular formula is C15H12BrFN2S. The number of pyridine rings is 1. The molecule has 1 aromatic carbocycles. The van der Waals surface area contributed by atoms with Crippen molar-refractivity contribution in [2.45, 2.75) is 10.8 Å². The Bertz CT molecular complexity index is 664. The van der Waals surface area contributed by atoms with Gasteiger partial charge in [-0.25, -0.2) is 9.37 Å². The maximum atomic E-state index is 13.3. The van der Waals surface area contributed by atoms with Crippen molar-refractivity contribution in [1.82, 2.24) is 4.98 Å². The smallest absolute Gasteiger partial charge is 0.124 e. The van der Waals surface area contributed by atoms with Crippen molar-refractivity contribution in [3.05, 3.63) is 57.9 Å². The van der Waals surface area contributed by atoms with Gasteiger partial charge in [-0.1, -0.05) is 17.9 Å². The van der Waals surface area contributed by atoms with Gasteiger partial charge in [0.05, 0.1) is 6.54 Å². The summed E-state index contributed by atoms with van der Waals surface area (Å²) in [7, 11) is 0. The number of benzene rings is 1. The van der Waals surface area contributed by atoms with Crippen molar-refractivity contribution in [3.8, 4) is 11.8 Å². The largest absolute Gasteiger partial charge is 0.320 e. The molecule has 0 aliphatic rings. The van der Waals surface area contributed by atoms with Crippen LogP contribution < -0.4 is 5.73 Å². The van der Waals surface area contributed by atoms with Gasteiger partial charge in [-0.05, 0) is 45.8 Å². The number of nitrogens with zero attached hydrogens (tertiary/aromatic N) is 1. The summed E-state index contributed by atoms with van der Waals surface area (Å²) in [6.07, 6.45) is 1.74. The lowest BCUT2D eigenvalue weighted by Gasteiger charge is -2.06. The van der Waals surface area contributed by atoms with Crippen LogP contribution in [0, 0.1) is 17.7 Å². The summed E-state index contributed by atoms with van der Waals surface area (Å²) < 4.78 is 14.2. The maximum Gasteiger partial charge on any atom is 0.124 e. The van der Waals surface area contributed by atoms with Crippen molar-refractivity contribution in [2.75, 3.05) is 6.54 Å². The molecule has 0 fully saturated rings. The molecule has 5 heteroatoms. The number of rotatable bonds is 3. The van der Waals surface area contributed by atoms with Crippen LogP contribution in [0.25, 0.3) is 0 Å². The zero-order chi connectivity index (χ0) is 14.4. The van der Waals surface area contributed by atoms with Gasteiger partial charge in [0.15, 0.2) is 0 Å². The molecule has 0 radical (unpaired) electrons. The summed E-state index contributed by atoms with van der Waals surface area (Å²) in [6.45, 7) is 0.259. The minimum atomic E-state index is -0.293. The van der Waals surface area contributed by atoms with E-state index in [1.54, 1.807) is 24.0 Å². The second-order valence-electron chi connectivity index (χ2n) is 3.89. The van der Waals surface area contributed by atoms with E-state index in [0.29, 0.717) is 11.3 Å². The molecule has 0 spiro atoms. The van der Waals surface area contributed by atoms with Crippen molar-refractivity contribution in [2.24, 2.45) is 5.73 Å². The first-order chi connectivity index (χ1) is 9.70. The van der Waals surface area contributed by atoms with Crippen LogP contribution in [-0.2, 0) is 5.75 Å². The highest BCUT2D eigenvalue weighted by Crippen LogP contribution is 2.28. The molecule has 2 N–H and O–H groups in total. The summed E-state index contributed by atoms with van der Waals surface area (Å²) >= 11 is 5.03. The highest BCUT2D eigenvalue weighted by atomic mass is 79.9. The van der Waals surface area contributed by atoms with E-state index in [9.17, 15) is 4.39 Å². The number of aromatic nitrogens is 1. The summed E-state index contributed by atoms with van der Waals surface area (Å²) in [5.41, 5.74) is 7.00. The molecule has 2 aromatic rings. The van der Waals surface area contributed by atoms with Gasteiger partial charge in [-0.3, -0.25) is 0 Å². The Morgan fingerprint density at radius 3 is 2.95 bits per heavy atom. The number of halogens is 2. The highest BCUT2D eigenvalue weighted by molar-refractivity contribution is 9.10. The Balaban J connectivity index is 2.19. The van der Waals surface area contributed by atoms with E-state index in [4.69, 9.17) is 5.73 Å². The second-order valence-corrected chi connectivity index (χ2v) is 5.70. The molecule has 0 saturated carbocycles. The molecule has 0 amide bonds. The first-order valence-corrected chi connectivity index (χ1v) is 7.69. The Morgan fingerprint density at radius 2 is 2.20 bits per heavy atom. The average Bonchev–Trinajstić information content (AvgIpc) is 2.45. The van der Waals surface area contributed by atoms with E-state index in [2.05, 4.69) is 32.8 Å². The molecule has 0 unspecified atom stereocenters.